The molecule has 0 radical (unpaired) electrons. The lowest BCUT2D eigenvalue weighted by Crippen LogP contribution is -2.18. The van der Waals surface area contributed by atoms with Crippen LogP contribution >= 0.6 is 0 Å². The maximum Gasteiger partial charge on any atom is 0.159 e. The van der Waals surface area contributed by atoms with Gasteiger partial charge in [-0.2, -0.15) is 0 Å². The van der Waals surface area contributed by atoms with Crippen LogP contribution in [-0.2, 0) is 6.54 Å². The number of nitrogens with one attached hydrogen (secondary N) is 1. The molecule has 2 aromatic rings. The molecule has 0 heterocycles. The first-order chi connectivity index (χ1) is 9.15. The van der Waals surface area contributed by atoms with Gasteiger partial charge < -0.3 is 11.1 Å². The summed E-state index contributed by atoms with van der Waals surface area (Å²) in [6, 6.07) is 11.5. The fraction of sp³-hybridized carbons (Fsp3) is 0.200. The van der Waals surface area contributed by atoms with Crippen LogP contribution in [0.15, 0.2) is 42.5 Å². The Hall–Kier alpha value is -1.78. The van der Waals surface area contributed by atoms with Crippen LogP contribution in [-0.4, -0.2) is 7.05 Å². The van der Waals surface area contributed by atoms with Crippen LogP contribution in [0.5, 0.6) is 0 Å². The van der Waals surface area contributed by atoms with Crippen molar-refractivity contribution in [2.24, 2.45) is 5.73 Å². The van der Waals surface area contributed by atoms with Crippen molar-refractivity contribution in [3.63, 3.8) is 0 Å². The maximum absolute atomic E-state index is 13.3. The number of nitrogens with two attached hydrogens (primary N) is 1. The predicted molar refractivity (Wildman–Crippen MR) is 71.6 cm³/mol. The van der Waals surface area contributed by atoms with Crippen molar-refractivity contribution in [2.45, 2.75) is 12.6 Å². The zero-order valence-electron chi connectivity index (χ0n) is 10.7. The Labute approximate surface area is 111 Å². The van der Waals surface area contributed by atoms with E-state index in [1.807, 2.05) is 24.3 Å². The van der Waals surface area contributed by atoms with Gasteiger partial charge in [0.15, 0.2) is 11.6 Å². The molecule has 0 bridgehead atoms. The molecule has 0 fully saturated rings. The summed E-state index contributed by atoms with van der Waals surface area (Å²) in [4.78, 5) is 0. The lowest BCUT2D eigenvalue weighted by Gasteiger charge is -2.18. The normalized spacial score (nSPS) is 12.4. The number of rotatable bonds is 4. The summed E-state index contributed by atoms with van der Waals surface area (Å²) in [5.41, 5.74) is 8.26. The molecule has 3 N–H and O–H groups in total. The Kier molecular flexibility index (Phi) is 4.24. The van der Waals surface area contributed by atoms with Gasteiger partial charge in [-0.15, -0.1) is 0 Å². The highest BCUT2D eigenvalue weighted by Crippen LogP contribution is 2.24. The fourth-order valence-electron chi connectivity index (χ4n) is 2.12. The van der Waals surface area contributed by atoms with Crippen molar-refractivity contribution in [3.8, 4) is 0 Å². The molecular weight excluding hydrogens is 246 g/mol. The van der Waals surface area contributed by atoms with Gasteiger partial charge >= 0.3 is 0 Å². The smallest absolute Gasteiger partial charge is 0.159 e. The van der Waals surface area contributed by atoms with Gasteiger partial charge in [0.05, 0.1) is 6.04 Å². The van der Waals surface area contributed by atoms with Crippen LogP contribution in [0.25, 0.3) is 0 Å². The van der Waals surface area contributed by atoms with E-state index in [1.165, 1.54) is 6.07 Å². The molecule has 100 valence electrons. The number of hydrogen-bond acceptors (Lipinski definition) is 2. The minimum Gasteiger partial charge on any atom is -0.326 e. The third-order valence-electron chi connectivity index (χ3n) is 3.09. The third kappa shape index (κ3) is 2.97. The zero-order valence-corrected chi connectivity index (χ0v) is 10.7. The highest BCUT2D eigenvalue weighted by molar-refractivity contribution is 5.34. The van der Waals surface area contributed by atoms with Gasteiger partial charge in [-0.05, 0) is 35.9 Å². The number of hydrogen-bond donors (Lipinski definition) is 2. The Bertz CT molecular complexity index is 570. The first-order valence-electron chi connectivity index (χ1n) is 6.07. The zero-order chi connectivity index (χ0) is 13.8. The van der Waals surface area contributed by atoms with Gasteiger partial charge in [-0.25, -0.2) is 8.78 Å². The van der Waals surface area contributed by atoms with Crippen molar-refractivity contribution in [3.05, 3.63) is 70.8 Å². The molecule has 4 heteroatoms. The molecule has 2 rings (SSSR count). The molecule has 0 aromatic heterocycles. The van der Waals surface area contributed by atoms with Crippen molar-refractivity contribution in [1.82, 2.24) is 5.32 Å². The van der Waals surface area contributed by atoms with Gasteiger partial charge in [-0.1, -0.05) is 30.3 Å². The van der Waals surface area contributed by atoms with E-state index in [0.29, 0.717) is 12.1 Å². The predicted octanol–water partition coefficient (Wildman–Crippen LogP) is 2.73. The van der Waals surface area contributed by atoms with E-state index < -0.39 is 11.6 Å². The fourth-order valence-corrected chi connectivity index (χ4v) is 2.12. The van der Waals surface area contributed by atoms with Crippen LogP contribution in [0.2, 0.25) is 0 Å². The molecule has 0 saturated carbocycles. The standard InChI is InChI=1S/C15H16F2N2/c1-19-15(11-4-2-3-10(7-11)9-18)12-5-6-13(16)14(17)8-12/h2-8,15,19H,9,18H2,1H3. The van der Waals surface area contributed by atoms with E-state index in [4.69, 9.17) is 5.73 Å². The van der Waals surface area contributed by atoms with Crippen LogP contribution in [0.3, 0.4) is 0 Å². The Morgan fingerprint density at radius 1 is 1.05 bits per heavy atom. The molecule has 0 aliphatic carbocycles. The minimum atomic E-state index is -0.840. The van der Waals surface area contributed by atoms with Gasteiger partial charge in [0, 0.05) is 6.54 Å². The minimum absolute atomic E-state index is 0.193. The molecule has 2 aromatic carbocycles. The van der Waals surface area contributed by atoms with Gasteiger partial charge in [0.25, 0.3) is 0 Å². The van der Waals surface area contributed by atoms with Crippen molar-refractivity contribution < 1.29 is 8.78 Å². The molecular formula is C15H16F2N2. The molecule has 1 unspecified atom stereocenters. The van der Waals surface area contributed by atoms with Crippen molar-refractivity contribution in [2.75, 3.05) is 7.05 Å². The second kappa shape index (κ2) is 5.91. The topological polar surface area (TPSA) is 38.0 Å². The van der Waals surface area contributed by atoms with E-state index in [9.17, 15) is 8.78 Å². The second-order valence-corrected chi connectivity index (χ2v) is 4.34. The van der Waals surface area contributed by atoms with Crippen LogP contribution in [0, 0.1) is 11.6 Å². The summed E-state index contributed by atoms with van der Waals surface area (Å²) in [5, 5.41) is 3.10. The first-order valence-corrected chi connectivity index (χ1v) is 6.07. The molecule has 1 atom stereocenters. The molecule has 0 aliphatic heterocycles. The highest BCUT2D eigenvalue weighted by atomic mass is 19.2. The SMILES string of the molecule is CNC(c1cccc(CN)c1)c1ccc(F)c(F)c1. The van der Waals surface area contributed by atoms with E-state index in [0.717, 1.165) is 17.2 Å². The summed E-state index contributed by atoms with van der Waals surface area (Å²) in [5.74, 6) is -1.68. The molecule has 0 saturated heterocycles. The maximum atomic E-state index is 13.3. The molecule has 0 aliphatic rings. The molecule has 0 spiro atoms. The van der Waals surface area contributed by atoms with Gasteiger partial charge in [0.1, 0.15) is 0 Å². The average Bonchev–Trinajstić information content (AvgIpc) is 2.44. The Morgan fingerprint density at radius 2 is 1.79 bits per heavy atom. The van der Waals surface area contributed by atoms with E-state index in [-0.39, 0.29) is 6.04 Å². The quantitative estimate of drug-likeness (QED) is 0.889. The van der Waals surface area contributed by atoms with Crippen LogP contribution in [0.4, 0.5) is 8.78 Å². The van der Waals surface area contributed by atoms with Crippen molar-refractivity contribution >= 4 is 0 Å². The number of benzene rings is 2. The van der Waals surface area contributed by atoms with Crippen molar-refractivity contribution in [1.29, 1.82) is 0 Å². The summed E-state index contributed by atoms with van der Waals surface area (Å²) in [6.07, 6.45) is 0. The highest BCUT2D eigenvalue weighted by Gasteiger charge is 2.14. The summed E-state index contributed by atoms with van der Waals surface area (Å²) >= 11 is 0. The first kappa shape index (κ1) is 13.6. The summed E-state index contributed by atoms with van der Waals surface area (Å²) < 4.78 is 26.3. The van der Waals surface area contributed by atoms with E-state index >= 15 is 0 Å². The van der Waals surface area contributed by atoms with E-state index in [1.54, 1.807) is 13.1 Å². The lowest BCUT2D eigenvalue weighted by atomic mass is 9.97. The van der Waals surface area contributed by atoms with Crippen LogP contribution < -0.4 is 11.1 Å². The Balaban J connectivity index is 2.40. The second-order valence-electron chi connectivity index (χ2n) is 4.34. The van der Waals surface area contributed by atoms with Crippen LogP contribution in [0.1, 0.15) is 22.7 Å². The monoisotopic (exact) mass is 262 g/mol. The lowest BCUT2D eigenvalue weighted by molar-refractivity contribution is 0.505. The summed E-state index contributed by atoms with van der Waals surface area (Å²) in [7, 11) is 1.78. The summed E-state index contributed by atoms with van der Waals surface area (Å²) in [6.45, 7) is 0.446. The molecule has 0 amide bonds. The third-order valence-corrected chi connectivity index (χ3v) is 3.09. The number of halogens is 2. The van der Waals surface area contributed by atoms with Gasteiger partial charge in [-0.3, -0.25) is 0 Å². The Morgan fingerprint density at radius 3 is 2.42 bits per heavy atom. The van der Waals surface area contributed by atoms with Gasteiger partial charge in [0.2, 0.25) is 0 Å². The molecule has 19 heavy (non-hydrogen) atoms. The molecule has 2 nitrogen and oxygen atoms in total. The van der Waals surface area contributed by atoms with E-state index in [2.05, 4.69) is 5.32 Å². The average molecular weight is 262 g/mol. The largest absolute Gasteiger partial charge is 0.326 e.